The highest BCUT2D eigenvalue weighted by Gasteiger charge is 2.45. The Bertz CT molecular complexity index is 1090. The monoisotopic (exact) mass is 561 g/mol. The van der Waals surface area contributed by atoms with Crippen molar-refractivity contribution < 1.29 is 27.5 Å². The lowest BCUT2D eigenvalue weighted by molar-refractivity contribution is -0.148. The molecule has 0 aliphatic carbocycles. The number of halogens is 1. The first-order chi connectivity index (χ1) is 17.0. The number of ether oxygens (including phenoxy) is 1. The smallest absolute Gasteiger partial charge is 0.249 e. The molecule has 0 N–H and O–H groups in total. The highest BCUT2D eigenvalue weighted by atomic mass is 35.5. The minimum atomic E-state index is -3.76. The zero-order valence-corrected chi connectivity index (χ0v) is 23.0. The van der Waals surface area contributed by atoms with Crippen LogP contribution in [0.15, 0.2) is 17.1 Å². The van der Waals surface area contributed by atoms with Crippen molar-refractivity contribution in [1.29, 1.82) is 0 Å². The van der Waals surface area contributed by atoms with Crippen LogP contribution in [0.5, 0.6) is 0 Å². The topological polar surface area (TPSA) is 120 Å². The zero-order chi connectivity index (χ0) is 26.5. The van der Waals surface area contributed by atoms with Crippen LogP contribution in [0.25, 0.3) is 0 Å². The molecule has 36 heavy (non-hydrogen) atoms. The SMILES string of the molecule is CN(C)/C=N/C(=O)C[C@@H](C(=O)N1CCOCC1)N1CC[C@H](N(C)S(=O)(=O)CCc2ccc(Cl)s2)C1=O. The van der Waals surface area contributed by atoms with Crippen LogP contribution in [0, 0.1) is 0 Å². The first-order valence-corrected chi connectivity index (χ1v) is 14.4. The molecule has 2 fully saturated rings. The van der Waals surface area contributed by atoms with E-state index in [0.29, 0.717) is 30.6 Å². The second-order valence-corrected chi connectivity index (χ2v) is 12.8. The van der Waals surface area contributed by atoms with Crippen molar-refractivity contribution in [3.8, 4) is 0 Å². The van der Waals surface area contributed by atoms with Crippen molar-refractivity contribution in [1.82, 2.24) is 19.0 Å². The summed E-state index contributed by atoms with van der Waals surface area (Å²) in [6.45, 7) is 1.62. The van der Waals surface area contributed by atoms with Crippen molar-refractivity contribution in [2.75, 3.05) is 59.7 Å². The normalized spacial score (nSPS) is 19.9. The summed E-state index contributed by atoms with van der Waals surface area (Å²) in [6.07, 6.45) is 1.57. The Kier molecular flexibility index (Phi) is 9.86. The average molecular weight is 562 g/mol. The number of amides is 3. The maximum absolute atomic E-state index is 13.4. The standard InChI is InChI=1S/C22H32ClN5O6S2/c1-25(2)15-24-20(29)14-18(21(30)27-9-11-34-12-10-27)28-8-6-17(22(28)31)26(3)36(32,33)13-7-16-4-5-19(23)35-16/h4-5,15,17-18H,6-14H2,1-3H3/b24-15+/t17-,18-/m0/s1. The number of carbonyl (C=O) groups excluding carboxylic acids is 3. The Morgan fingerprint density at radius 1 is 1.25 bits per heavy atom. The van der Waals surface area contributed by atoms with E-state index in [9.17, 15) is 22.8 Å². The molecule has 2 atom stereocenters. The molecule has 3 amide bonds. The first kappa shape index (κ1) is 28.5. The highest BCUT2D eigenvalue weighted by molar-refractivity contribution is 7.89. The number of nitrogens with zero attached hydrogens (tertiary/aromatic N) is 5. The molecule has 2 saturated heterocycles. The predicted octanol–water partition coefficient (Wildman–Crippen LogP) is 0.541. The van der Waals surface area contributed by atoms with Crippen LogP contribution in [0.4, 0.5) is 0 Å². The highest BCUT2D eigenvalue weighted by Crippen LogP contribution is 2.26. The van der Waals surface area contributed by atoms with E-state index in [1.165, 1.54) is 29.6 Å². The molecule has 0 saturated carbocycles. The van der Waals surface area contributed by atoms with Gasteiger partial charge in [-0.2, -0.15) is 4.31 Å². The van der Waals surface area contributed by atoms with Crippen LogP contribution in [-0.2, 0) is 35.6 Å². The van der Waals surface area contributed by atoms with Gasteiger partial charge in [0.05, 0.1) is 36.1 Å². The molecule has 1 aromatic rings. The van der Waals surface area contributed by atoms with Gasteiger partial charge in [-0.3, -0.25) is 14.4 Å². The van der Waals surface area contributed by atoms with E-state index >= 15 is 0 Å². The number of aryl methyl sites for hydroxylation is 1. The molecule has 0 unspecified atom stereocenters. The minimum absolute atomic E-state index is 0.162. The Balaban J connectivity index is 1.74. The zero-order valence-electron chi connectivity index (χ0n) is 20.6. The van der Waals surface area contributed by atoms with Crippen molar-refractivity contribution in [3.05, 3.63) is 21.3 Å². The van der Waals surface area contributed by atoms with Crippen LogP contribution >= 0.6 is 22.9 Å². The van der Waals surface area contributed by atoms with Gasteiger partial charge in [0.15, 0.2) is 0 Å². The number of hydrogen-bond donors (Lipinski definition) is 0. The minimum Gasteiger partial charge on any atom is -0.378 e. The van der Waals surface area contributed by atoms with Crippen LogP contribution in [0.2, 0.25) is 4.34 Å². The molecule has 3 heterocycles. The average Bonchev–Trinajstić information content (AvgIpc) is 3.44. The molecule has 0 bridgehead atoms. The van der Waals surface area contributed by atoms with Crippen LogP contribution in [0.1, 0.15) is 17.7 Å². The summed E-state index contributed by atoms with van der Waals surface area (Å²) in [5.74, 6) is -1.56. The van der Waals surface area contributed by atoms with Gasteiger partial charge in [-0.1, -0.05) is 11.6 Å². The van der Waals surface area contributed by atoms with Crippen molar-refractivity contribution in [3.63, 3.8) is 0 Å². The molecule has 0 radical (unpaired) electrons. The summed E-state index contributed by atoms with van der Waals surface area (Å²) >= 11 is 7.24. The molecule has 14 heteroatoms. The van der Waals surface area contributed by atoms with Gasteiger partial charge in [0.2, 0.25) is 27.7 Å². The first-order valence-electron chi connectivity index (χ1n) is 11.6. The second kappa shape index (κ2) is 12.5. The lowest BCUT2D eigenvalue weighted by Gasteiger charge is -2.34. The van der Waals surface area contributed by atoms with Crippen molar-refractivity contribution in [2.45, 2.75) is 31.3 Å². The van der Waals surface area contributed by atoms with Crippen molar-refractivity contribution >= 4 is 57.0 Å². The fraction of sp³-hybridized carbons (Fsp3) is 0.636. The molecule has 3 rings (SSSR count). The summed E-state index contributed by atoms with van der Waals surface area (Å²) in [5, 5.41) is 0. The Morgan fingerprint density at radius 3 is 2.56 bits per heavy atom. The third kappa shape index (κ3) is 7.25. The van der Waals surface area contributed by atoms with E-state index in [0.717, 1.165) is 9.18 Å². The number of hydrogen-bond acceptors (Lipinski definition) is 7. The van der Waals surface area contributed by atoms with Gasteiger partial charge in [-0.25, -0.2) is 13.4 Å². The molecule has 2 aliphatic heterocycles. The van der Waals surface area contributed by atoms with Gasteiger partial charge in [0.25, 0.3) is 0 Å². The number of likely N-dealkylation sites (tertiary alicyclic amines) is 1. The maximum Gasteiger partial charge on any atom is 0.249 e. The van der Waals surface area contributed by atoms with E-state index < -0.39 is 33.9 Å². The molecule has 1 aromatic heterocycles. The summed E-state index contributed by atoms with van der Waals surface area (Å²) in [4.78, 5) is 48.5. The maximum atomic E-state index is 13.4. The van der Waals surface area contributed by atoms with Crippen LogP contribution < -0.4 is 0 Å². The number of morpholine rings is 1. The summed E-state index contributed by atoms with van der Waals surface area (Å²) in [5.41, 5.74) is 0. The van der Waals surface area contributed by atoms with E-state index in [4.69, 9.17) is 16.3 Å². The second-order valence-electron chi connectivity index (χ2n) is 8.88. The van der Waals surface area contributed by atoms with Gasteiger partial charge >= 0.3 is 0 Å². The number of aliphatic imine (C=N–C) groups is 1. The number of rotatable bonds is 10. The van der Waals surface area contributed by atoms with E-state index in [1.807, 2.05) is 0 Å². The molecule has 0 spiro atoms. The van der Waals surface area contributed by atoms with Crippen molar-refractivity contribution in [2.24, 2.45) is 4.99 Å². The third-order valence-corrected chi connectivity index (χ3v) is 9.25. The Hall–Kier alpha value is -2.06. The number of sulfonamides is 1. The van der Waals surface area contributed by atoms with Gasteiger partial charge in [-0.05, 0) is 25.0 Å². The van der Waals surface area contributed by atoms with Gasteiger partial charge in [0, 0.05) is 45.7 Å². The number of carbonyl (C=O) groups is 3. The molecular weight excluding hydrogens is 530 g/mol. The van der Waals surface area contributed by atoms with Gasteiger partial charge < -0.3 is 19.4 Å². The molecule has 2 aliphatic rings. The van der Waals surface area contributed by atoms with E-state index in [-0.39, 0.29) is 37.5 Å². The third-order valence-electron chi connectivity index (χ3n) is 6.11. The summed E-state index contributed by atoms with van der Waals surface area (Å²) in [7, 11) is 1.05. The molecule has 0 aromatic carbocycles. The summed E-state index contributed by atoms with van der Waals surface area (Å²) < 4.78 is 33.0. The fourth-order valence-electron chi connectivity index (χ4n) is 4.11. The molecule has 200 valence electrons. The quantitative estimate of drug-likeness (QED) is 0.302. The number of likely N-dealkylation sites (N-methyl/N-ethyl adjacent to an activating group) is 1. The van der Waals surface area contributed by atoms with Gasteiger partial charge in [0.1, 0.15) is 12.1 Å². The Labute approximate surface area is 220 Å². The van der Waals surface area contributed by atoms with E-state index in [1.54, 1.807) is 36.0 Å². The Morgan fingerprint density at radius 2 is 1.94 bits per heavy atom. The predicted molar refractivity (Wildman–Crippen MR) is 138 cm³/mol. The molecule has 11 nitrogen and oxygen atoms in total. The van der Waals surface area contributed by atoms with Gasteiger partial charge in [-0.15, -0.1) is 11.3 Å². The lowest BCUT2D eigenvalue weighted by atomic mass is 10.1. The summed E-state index contributed by atoms with van der Waals surface area (Å²) in [6, 6.07) is 1.49. The largest absolute Gasteiger partial charge is 0.378 e. The molecular formula is C22H32ClN5O6S2. The lowest BCUT2D eigenvalue weighted by Crippen LogP contribution is -2.54. The van der Waals surface area contributed by atoms with Crippen LogP contribution in [0.3, 0.4) is 0 Å². The van der Waals surface area contributed by atoms with Crippen LogP contribution in [-0.4, -0.2) is 123 Å². The van der Waals surface area contributed by atoms with E-state index in [2.05, 4.69) is 4.99 Å². The fourth-order valence-corrected chi connectivity index (χ4v) is 6.68. The number of thiophene rings is 1.